The molecule has 0 aromatic heterocycles. The molecular weight excluding hydrogens is 622 g/mol. The predicted molar refractivity (Wildman–Crippen MR) is 231 cm³/mol. The molecule has 2 heterocycles. The fraction of sp³-hybridized carbons (Fsp3) is 0.200. The van der Waals surface area contributed by atoms with Gasteiger partial charge in [0.25, 0.3) is 0 Å². The lowest BCUT2D eigenvalue weighted by atomic mass is 9.36. The first-order chi connectivity index (χ1) is 24.9. The van der Waals surface area contributed by atoms with Gasteiger partial charge in [0, 0.05) is 0 Å². The van der Waals surface area contributed by atoms with Gasteiger partial charge in [-0.25, -0.2) is 0 Å². The largest absolute Gasteiger partial charge is 0.243 e. The molecule has 0 saturated heterocycles. The van der Waals surface area contributed by atoms with Crippen LogP contribution in [0, 0.1) is 69.2 Å². The van der Waals surface area contributed by atoms with E-state index in [1.165, 1.54) is 143 Å². The number of hydrogen-bond acceptors (Lipinski definition) is 0. The molecule has 250 valence electrons. The maximum atomic E-state index is 2.56. The van der Waals surface area contributed by atoms with Crippen LogP contribution in [0.5, 0.6) is 0 Å². The van der Waals surface area contributed by atoms with Crippen LogP contribution >= 0.6 is 0 Å². The SMILES string of the molecule is Cc1cc(C)c(B2c3cc4ccc5c6c(cc7ccc(c3-c3cc(C)cc(C)c32)c4c75)B(c2c(C)cc(C)cc2C)c2c(C)cc(C)cc2-6)c(C)c1. The van der Waals surface area contributed by atoms with Crippen molar-refractivity contribution in [3.05, 3.63) is 141 Å². The summed E-state index contributed by atoms with van der Waals surface area (Å²) < 4.78 is 0. The number of rotatable bonds is 2. The van der Waals surface area contributed by atoms with Crippen molar-refractivity contribution in [2.24, 2.45) is 0 Å². The van der Waals surface area contributed by atoms with Crippen molar-refractivity contribution in [2.45, 2.75) is 69.2 Å². The molecule has 8 aromatic rings. The van der Waals surface area contributed by atoms with Gasteiger partial charge in [-0.3, -0.25) is 0 Å². The fourth-order valence-electron chi connectivity index (χ4n) is 11.4. The summed E-state index contributed by atoms with van der Waals surface area (Å²) in [6, 6.07) is 34.2. The highest BCUT2D eigenvalue weighted by atomic mass is 14.3. The van der Waals surface area contributed by atoms with E-state index in [0.717, 1.165) is 0 Å². The molecule has 2 heteroatoms. The first-order valence-corrected chi connectivity index (χ1v) is 19.1. The van der Waals surface area contributed by atoms with Gasteiger partial charge in [0.2, 0.25) is 13.4 Å². The summed E-state index contributed by atoms with van der Waals surface area (Å²) >= 11 is 0. The quantitative estimate of drug-likeness (QED) is 0.128. The van der Waals surface area contributed by atoms with E-state index in [0.29, 0.717) is 0 Å². The Morgan fingerprint density at radius 2 is 0.635 bits per heavy atom. The molecule has 0 atom stereocenters. The van der Waals surface area contributed by atoms with E-state index in [9.17, 15) is 0 Å². The Bertz CT molecular complexity index is 2660. The second kappa shape index (κ2) is 10.7. The minimum Gasteiger partial charge on any atom is -0.0629 e. The zero-order valence-electron chi connectivity index (χ0n) is 32.2. The zero-order chi connectivity index (χ0) is 36.1. The standard InChI is InChI=1S/C50H44B2/c1-25-15-29(5)47(30(6)16-25)51-41-23-35-11-14-38-44-36(12-13-37(43(35)44)45(41)39-21-27(3)19-33(9)49(39)51)24-42-46(38)40-22-28(4)20-34(10)50(40)52(42)48-31(7)17-26(2)18-32(48)8/h11-24H,1-10H3. The van der Waals surface area contributed by atoms with Crippen LogP contribution in [-0.2, 0) is 0 Å². The number of aryl methyl sites for hydroxylation is 10. The number of fused-ring (bicyclic) bond motifs is 8. The molecule has 0 saturated carbocycles. The topological polar surface area (TPSA) is 0 Å². The first-order valence-electron chi connectivity index (χ1n) is 19.1. The van der Waals surface area contributed by atoms with Gasteiger partial charge in [-0.05, 0) is 124 Å². The van der Waals surface area contributed by atoms with E-state index >= 15 is 0 Å². The maximum Gasteiger partial charge on any atom is 0.243 e. The molecule has 52 heavy (non-hydrogen) atoms. The molecule has 0 radical (unpaired) electrons. The van der Waals surface area contributed by atoms with Gasteiger partial charge < -0.3 is 0 Å². The summed E-state index contributed by atoms with van der Waals surface area (Å²) in [5, 5.41) is 8.31. The van der Waals surface area contributed by atoms with Gasteiger partial charge in [-0.15, -0.1) is 0 Å². The van der Waals surface area contributed by atoms with Gasteiger partial charge >= 0.3 is 0 Å². The van der Waals surface area contributed by atoms with E-state index < -0.39 is 0 Å². The predicted octanol–water partition coefficient (Wildman–Crippen LogP) is 8.66. The summed E-state index contributed by atoms with van der Waals surface area (Å²) in [6.45, 7) is 23.3. The zero-order valence-corrected chi connectivity index (χ0v) is 32.2. The Kier molecular flexibility index (Phi) is 6.53. The lowest BCUT2D eigenvalue weighted by Crippen LogP contribution is -2.52. The van der Waals surface area contributed by atoms with Crippen molar-refractivity contribution in [3.63, 3.8) is 0 Å². The van der Waals surface area contributed by atoms with E-state index in [4.69, 9.17) is 0 Å². The third kappa shape index (κ3) is 4.13. The molecule has 0 fully saturated rings. The van der Waals surface area contributed by atoms with E-state index in [-0.39, 0.29) is 13.4 Å². The van der Waals surface area contributed by atoms with Gasteiger partial charge in [-0.2, -0.15) is 0 Å². The molecular formula is C50H44B2. The molecule has 0 spiro atoms. The Morgan fingerprint density at radius 1 is 0.327 bits per heavy atom. The highest BCUT2D eigenvalue weighted by molar-refractivity contribution is 7.01. The minimum atomic E-state index is 0.219. The molecule has 2 aliphatic rings. The van der Waals surface area contributed by atoms with Crippen LogP contribution in [0.3, 0.4) is 0 Å². The highest BCUT2D eigenvalue weighted by Gasteiger charge is 2.40. The van der Waals surface area contributed by atoms with Gasteiger partial charge in [0.05, 0.1) is 0 Å². The normalized spacial score (nSPS) is 13.1. The fourth-order valence-corrected chi connectivity index (χ4v) is 11.4. The van der Waals surface area contributed by atoms with Gasteiger partial charge in [0.15, 0.2) is 0 Å². The molecule has 0 amide bonds. The van der Waals surface area contributed by atoms with Crippen LogP contribution in [0.25, 0.3) is 54.6 Å². The molecule has 2 aliphatic heterocycles. The first kappa shape index (κ1) is 31.6. The Balaban J connectivity index is 1.33. The van der Waals surface area contributed by atoms with Crippen LogP contribution in [0.4, 0.5) is 0 Å². The van der Waals surface area contributed by atoms with Crippen molar-refractivity contribution in [2.75, 3.05) is 0 Å². The lowest BCUT2D eigenvalue weighted by Gasteiger charge is -2.21. The summed E-state index contributed by atoms with van der Waals surface area (Å²) in [5.41, 5.74) is 28.2. The van der Waals surface area contributed by atoms with Crippen molar-refractivity contribution < 1.29 is 0 Å². The van der Waals surface area contributed by atoms with Crippen LogP contribution in [-0.4, -0.2) is 13.4 Å². The van der Waals surface area contributed by atoms with Gasteiger partial charge in [0.1, 0.15) is 0 Å². The molecule has 8 aromatic carbocycles. The molecule has 0 bridgehead atoms. The minimum absolute atomic E-state index is 0.219. The summed E-state index contributed by atoms with van der Waals surface area (Å²) in [6.07, 6.45) is 0. The van der Waals surface area contributed by atoms with E-state index in [1.807, 2.05) is 0 Å². The highest BCUT2D eigenvalue weighted by Crippen LogP contribution is 2.44. The van der Waals surface area contributed by atoms with Crippen molar-refractivity contribution >= 4 is 78.5 Å². The smallest absolute Gasteiger partial charge is 0.0629 e. The molecule has 10 rings (SSSR count). The summed E-state index contributed by atoms with van der Waals surface area (Å²) in [5.74, 6) is 0. The summed E-state index contributed by atoms with van der Waals surface area (Å²) in [4.78, 5) is 0. The second-order valence-electron chi connectivity index (χ2n) is 16.7. The molecule has 0 N–H and O–H groups in total. The number of benzene rings is 8. The molecule has 0 unspecified atom stereocenters. The van der Waals surface area contributed by atoms with Crippen LogP contribution in [0.2, 0.25) is 0 Å². The Labute approximate surface area is 309 Å². The van der Waals surface area contributed by atoms with E-state index in [1.54, 1.807) is 0 Å². The average Bonchev–Trinajstić information content (AvgIpc) is 3.55. The average molecular weight is 667 g/mol. The monoisotopic (exact) mass is 666 g/mol. The second-order valence-corrected chi connectivity index (χ2v) is 16.7. The lowest BCUT2D eigenvalue weighted by molar-refractivity contribution is 1.35. The summed E-state index contributed by atoms with van der Waals surface area (Å²) in [7, 11) is 0. The van der Waals surface area contributed by atoms with E-state index in [2.05, 4.69) is 154 Å². The van der Waals surface area contributed by atoms with Crippen LogP contribution < -0.4 is 32.8 Å². The van der Waals surface area contributed by atoms with Crippen molar-refractivity contribution in [1.82, 2.24) is 0 Å². The van der Waals surface area contributed by atoms with Crippen molar-refractivity contribution in [3.8, 4) is 22.3 Å². The molecule has 0 nitrogen and oxygen atoms in total. The third-order valence-electron chi connectivity index (χ3n) is 12.8. The molecule has 0 aliphatic carbocycles. The van der Waals surface area contributed by atoms with Crippen molar-refractivity contribution in [1.29, 1.82) is 0 Å². The third-order valence-corrected chi connectivity index (χ3v) is 12.8. The Morgan fingerprint density at radius 3 is 0.981 bits per heavy atom. The maximum absolute atomic E-state index is 2.56. The van der Waals surface area contributed by atoms with Crippen LogP contribution in [0.15, 0.2) is 84.9 Å². The van der Waals surface area contributed by atoms with Crippen LogP contribution in [0.1, 0.15) is 55.6 Å². The van der Waals surface area contributed by atoms with Gasteiger partial charge in [-0.1, -0.05) is 173 Å². The Hall–Kier alpha value is -5.07. The number of hydrogen-bond donors (Lipinski definition) is 0.